The zero-order valence-electron chi connectivity index (χ0n) is 12.0. The van der Waals surface area contributed by atoms with Gasteiger partial charge >= 0.3 is 0 Å². The van der Waals surface area contributed by atoms with E-state index in [9.17, 15) is 5.26 Å². The maximum absolute atomic E-state index is 9.25. The van der Waals surface area contributed by atoms with E-state index in [4.69, 9.17) is 0 Å². The van der Waals surface area contributed by atoms with Crippen LogP contribution in [0, 0.1) is 17.2 Å². The lowest BCUT2D eigenvalue weighted by atomic mass is 10.0. The van der Waals surface area contributed by atoms with Gasteiger partial charge < -0.3 is 4.90 Å². The van der Waals surface area contributed by atoms with E-state index in [1.807, 2.05) is 12.1 Å². The lowest BCUT2D eigenvalue weighted by molar-refractivity contribution is 0.521. The molecule has 1 atom stereocenters. The molecular formula is C18H20N2. The van der Waals surface area contributed by atoms with Crippen molar-refractivity contribution >= 4 is 16.5 Å². The SMILES string of the molecule is CC1CCCN(c2ccc(C#N)c3ccccc23)CC1. The number of hydrogen-bond donors (Lipinski definition) is 0. The van der Waals surface area contributed by atoms with Gasteiger partial charge in [-0.25, -0.2) is 0 Å². The Morgan fingerprint density at radius 3 is 2.65 bits per heavy atom. The second-order valence-electron chi connectivity index (χ2n) is 5.81. The number of nitrogens with zero attached hydrogens (tertiary/aromatic N) is 2. The minimum absolute atomic E-state index is 0.771. The van der Waals surface area contributed by atoms with Gasteiger partial charge in [-0.05, 0) is 37.3 Å². The lowest BCUT2D eigenvalue weighted by Gasteiger charge is -2.24. The fourth-order valence-electron chi connectivity index (χ4n) is 3.16. The molecule has 3 rings (SSSR count). The van der Waals surface area contributed by atoms with Crippen LogP contribution in [0.4, 0.5) is 5.69 Å². The van der Waals surface area contributed by atoms with Gasteiger partial charge in [-0.2, -0.15) is 5.26 Å². The van der Waals surface area contributed by atoms with Crippen LogP contribution < -0.4 is 4.90 Å². The highest BCUT2D eigenvalue weighted by atomic mass is 15.1. The summed E-state index contributed by atoms with van der Waals surface area (Å²) in [6, 6.07) is 14.7. The largest absolute Gasteiger partial charge is 0.371 e. The molecule has 1 aliphatic heterocycles. The number of nitriles is 1. The van der Waals surface area contributed by atoms with Crippen molar-refractivity contribution in [2.45, 2.75) is 26.2 Å². The van der Waals surface area contributed by atoms with Crippen LogP contribution in [0.2, 0.25) is 0 Å². The zero-order valence-corrected chi connectivity index (χ0v) is 12.0. The van der Waals surface area contributed by atoms with E-state index in [-0.39, 0.29) is 0 Å². The maximum Gasteiger partial charge on any atom is 0.0998 e. The summed E-state index contributed by atoms with van der Waals surface area (Å²) in [5, 5.41) is 11.5. The van der Waals surface area contributed by atoms with E-state index >= 15 is 0 Å². The van der Waals surface area contributed by atoms with Crippen molar-refractivity contribution in [1.29, 1.82) is 5.26 Å². The van der Waals surface area contributed by atoms with Crippen molar-refractivity contribution in [3.05, 3.63) is 42.0 Å². The van der Waals surface area contributed by atoms with Crippen LogP contribution in [0.15, 0.2) is 36.4 Å². The Bertz CT molecular complexity index is 654. The summed E-state index contributed by atoms with van der Waals surface area (Å²) in [7, 11) is 0. The minimum Gasteiger partial charge on any atom is -0.371 e. The van der Waals surface area contributed by atoms with Gasteiger partial charge in [-0.15, -0.1) is 0 Å². The number of hydrogen-bond acceptors (Lipinski definition) is 2. The zero-order chi connectivity index (χ0) is 13.9. The molecule has 1 fully saturated rings. The first-order valence-corrected chi connectivity index (χ1v) is 7.46. The Morgan fingerprint density at radius 2 is 1.85 bits per heavy atom. The molecule has 2 heteroatoms. The normalized spacial score (nSPS) is 19.6. The molecule has 102 valence electrons. The van der Waals surface area contributed by atoms with Crippen LogP contribution in [0.3, 0.4) is 0 Å². The standard InChI is InChI=1S/C18H20N2/c1-14-5-4-11-20(12-10-14)18-9-8-15(13-19)16-6-2-3-7-17(16)18/h2-3,6-9,14H,4-5,10-12H2,1H3. The van der Waals surface area contributed by atoms with Crippen LogP contribution in [-0.4, -0.2) is 13.1 Å². The Morgan fingerprint density at radius 1 is 1.05 bits per heavy atom. The van der Waals surface area contributed by atoms with Crippen LogP contribution in [0.25, 0.3) is 10.8 Å². The molecule has 0 spiro atoms. The first-order chi connectivity index (χ1) is 9.79. The summed E-state index contributed by atoms with van der Waals surface area (Å²) in [5.41, 5.74) is 2.06. The minimum atomic E-state index is 0.771. The molecule has 0 amide bonds. The average Bonchev–Trinajstić information content (AvgIpc) is 2.71. The smallest absolute Gasteiger partial charge is 0.0998 e. The second kappa shape index (κ2) is 5.54. The average molecular weight is 264 g/mol. The molecule has 0 aromatic heterocycles. The predicted octanol–water partition coefficient (Wildman–Crippen LogP) is 4.34. The van der Waals surface area contributed by atoms with Crippen LogP contribution in [0.1, 0.15) is 31.7 Å². The third kappa shape index (κ3) is 2.36. The highest BCUT2D eigenvalue weighted by molar-refractivity contribution is 5.97. The van der Waals surface area contributed by atoms with Gasteiger partial charge in [0, 0.05) is 29.5 Å². The third-order valence-corrected chi connectivity index (χ3v) is 4.38. The molecule has 0 N–H and O–H groups in total. The topological polar surface area (TPSA) is 27.0 Å². The molecular weight excluding hydrogens is 244 g/mol. The molecule has 0 bridgehead atoms. The van der Waals surface area contributed by atoms with Gasteiger partial charge in [0.05, 0.1) is 11.6 Å². The molecule has 2 aromatic carbocycles. The number of rotatable bonds is 1. The third-order valence-electron chi connectivity index (χ3n) is 4.38. The first-order valence-electron chi connectivity index (χ1n) is 7.46. The summed E-state index contributed by atoms with van der Waals surface area (Å²) >= 11 is 0. The molecule has 0 aliphatic carbocycles. The molecule has 0 saturated carbocycles. The van der Waals surface area contributed by atoms with Crippen LogP contribution >= 0.6 is 0 Å². The van der Waals surface area contributed by atoms with Gasteiger partial charge in [0.15, 0.2) is 0 Å². The fourth-order valence-corrected chi connectivity index (χ4v) is 3.16. The van der Waals surface area contributed by atoms with Gasteiger partial charge in [0.1, 0.15) is 0 Å². The molecule has 1 heterocycles. The van der Waals surface area contributed by atoms with Gasteiger partial charge in [-0.1, -0.05) is 31.2 Å². The van der Waals surface area contributed by atoms with E-state index in [0.29, 0.717) is 0 Å². The molecule has 0 radical (unpaired) electrons. The quantitative estimate of drug-likeness (QED) is 0.766. The number of fused-ring (bicyclic) bond motifs is 1. The predicted molar refractivity (Wildman–Crippen MR) is 83.9 cm³/mol. The van der Waals surface area contributed by atoms with E-state index in [1.54, 1.807) is 0 Å². The van der Waals surface area contributed by atoms with Crippen molar-refractivity contribution in [3.63, 3.8) is 0 Å². The summed E-state index contributed by atoms with van der Waals surface area (Å²) < 4.78 is 0. The Balaban J connectivity index is 2.06. The summed E-state index contributed by atoms with van der Waals surface area (Å²) in [4.78, 5) is 2.49. The monoisotopic (exact) mass is 264 g/mol. The van der Waals surface area contributed by atoms with E-state index in [2.05, 4.69) is 42.2 Å². The number of anilines is 1. The number of benzene rings is 2. The van der Waals surface area contributed by atoms with E-state index in [0.717, 1.165) is 30.0 Å². The molecule has 1 unspecified atom stereocenters. The maximum atomic E-state index is 9.25. The second-order valence-corrected chi connectivity index (χ2v) is 5.81. The molecule has 2 nitrogen and oxygen atoms in total. The summed E-state index contributed by atoms with van der Waals surface area (Å²) in [5.74, 6) is 0.824. The molecule has 1 saturated heterocycles. The van der Waals surface area contributed by atoms with Crippen molar-refractivity contribution in [1.82, 2.24) is 0 Å². The Kier molecular flexibility index (Phi) is 3.60. The highest BCUT2D eigenvalue weighted by Gasteiger charge is 2.16. The lowest BCUT2D eigenvalue weighted by Crippen LogP contribution is -2.24. The molecule has 20 heavy (non-hydrogen) atoms. The highest BCUT2D eigenvalue weighted by Crippen LogP contribution is 2.31. The van der Waals surface area contributed by atoms with Crippen molar-refractivity contribution in [2.24, 2.45) is 5.92 Å². The van der Waals surface area contributed by atoms with Crippen LogP contribution in [0.5, 0.6) is 0 Å². The summed E-state index contributed by atoms with van der Waals surface area (Å²) in [6.07, 6.45) is 3.84. The van der Waals surface area contributed by atoms with E-state index < -0.39 is 0 Å². The summed E-state index contributed by atoms with van der Waals surface area (Å²) in [6.45, 7) is 4.59. The molecule has 1 aliphatic rings. The van der Waals surface area contributed by atoms with Crippen molar-refractivity contribution in [3.8, 4) is 6.07 Å². The van der Waals surface area contributed by atoms with Crippen molar-refractivity contribution in [2.75, 3.05) is 18.0 Å². The van der Waals surface area contributed by atoms with E-state index in [1.165, 1.54) is 30.3 Å². The van der Waals surface area contributed by atoms with Crippen LogP contribution in [-0.2, 0) is 0 Å². The first kappa shape index (κ1) is 13.0. The Hall–Kier alpha value is -2.01. The Labute approximate surface area is 120 Å². The van der Waals surface area contributed by atoms with Gasteiger partial charge in [0.25, 0.3) is 0 Å². The van der Waals surface area contributed by atoms with Crippen molar-refractivity contribution < 1.29 is 0 Å². The van der Waals surface area contributed by atoms with Gasteiger partial charge in [-0.3, -0.25) is 0 Å². The molecule has 2 aromatic rings. The van der Waals surface area contributed by atoms with Gasteiger partial charge in [0.2, 0.25) is 0 Å². The fraction of sp³-hybridized carbons (Fsp3) is 0.389.